The molecule has 0 spiro atoms. The molecule has 6 heteroatoms. The molecule has 26 heavy (non-hydrogen) atoms. The van der Waals surface area contributed by atoms with Gasteiger partial charge in [0.1, 0.15) is 23.7 Å². The van der Waals surface area contributed by atoms with Crippen molar-refractivity contribution in [3.05, 3.63) is 41.7 Å². The van der Waals surface area contributed by atoms with Crippen LogP contribution >= 0.6 is 0 Å². The minimum Gasteiger partial charge on any atom is -0.497 e. The Morgan fingerprint density at radius 3 is 2.77 bits per heavy atom. The molecule has 6 nitrogen and oxygen atoms in total. The van der Waals surface area contributed by atoms with E-state index in [1.165, 1.54) is 11.1 Å². The summed E-state index contributed by atoms with van der Waals surface area (Å²) in [6, 6.07) is 8.41. The Balaban J connectivity index is 1.53. The molecule has 1 aromatic carbocycles. The standard InChI is InChI=1S/C20H26N4O2/c1-26-18-5-4-16-6-8-24(12-17(16)9-18)20-10-19(21-14-22-20)23-7-2-3-15(11-23)13-25/h4-5,9-10,14-15,25H,2-3,6-8,11-13H2,1H3. The van der Waals surface area contributed by atoms with E-state index in [-0.39, 0.29) is 6.61 Å². The summed E-state index contributed by atoms with van der Waals surface area (Å²) in [6.07, 6.45) is 4.86. The van der Waals surface area contributed by atoms with Gasteiger partial charge in [-0.3, -0.25) is 0 Å². The third-order valence-electron chi connectivity index (χ3n) is 5.49. The Morgan fingerprint density at radius 2 is 1.96 bits per heavy atom. The number of nitrogens with zero attached hydrogens (tertiary/aromatic N) is 4. The van der Waals surface area contributed by atoms with Gasteiger partial charge in [0.2, 0.25) is 0 Å². The van der Waals surface area contributed by atoms with Crippen molar-refractivity contribution < 1.29 is 9.84 Å². The Bertz CT molecular complexity index is 767. The summed E-state index contributed by atoms with van der Waals surface area (Å²) in [4.78, 5) is 13.6. The lowest BCUT2D eigenvalue weighted by Gasteiger charge is -2.34. The van der Waals surface area contributed by atoms with Crippen molar-refractivity contribution >= 4 is 11.6 Å². The van der Waals surface area contributed by atoms with Gasteiger partial charge in [-0.2, -0.15) is 0 Å². The molecular formula is C20H26N4O2. The van der Waals surface area contributed by atoms with Gasteiger partial charge in [-0.1, -0.05) is 6.07 Å². The fourth-order valence-electron chi connectivity index (χ4n) is 3.96. The predicted octanol–water partition coefficient (Wildman–Crippen LogP) is 2.26. The second kappa shape index (κ2) is 7.50. The number of aliphatic hydroxyl groups excluding tert-OH is 1. The summed E-state index contributed by atoms with van der Waals surface area (Å²) in [5.74, 6) is 3.17. The van der Waals surface area contributed by atoms with Gasteiger partial charge < -0.3 is 19.6 Å². The molecule has 4 rings (SSSR count). The number of fused-ring (bicyclic) bond motifs is 1. The van der Waals surface area contributed by atoms with Crippen molar-refractivity contribution in [3.8, 4) is 5.75 Å². The molecule has 1 saturated heterocycles. The fraction of sp³-hybridized carbons (Fsp3) is 0.500. The average Bonchev–Trinajstić information content (AvgIpc) is 2.73. The molecule has 1 unspecified atom stereocenters. The van der Waals surface area contributed by atoms with E-state index in [0.717, 1.165) is 62.8 Å². The van der Waals surface area contributed by atoms with Crippen LogP contribution in [0.15, 0.2) is 30.6 Å². The van der Waals surface area contributed by atoms with E-state index in [1.54, 1.807) is 13.4 Å². The third-order valence-corrected chi connectivity index (χ3v) is 5.49. The lowest BCUT2D eigenvalue weighted by molar-refractivity contribution is 0.208. The largest absolute Gasteiger partial charge is 0.497 e. The summed E-state index contributed by atoms with van der Waals surface area (Å²) < 4.78 is 5.37. The number of piperidine rings is 1. The van der Waals surface area contributed by atoms with Crippen LogP contribution in [0.25, 0.3) is 0 Å². The number of methoxy groups -OCH3 is 1. The molecule has 1 fully saturated rings. The fourth-order valence-corrected chi connectivity index (χ4v) is 3.96. The molecule has 0 aliphatic carbocycles. The van der Waals surface area contributed by atoms with Crippen molar-refractivity contribution in [1.82, 2.24) is 9.97 Å². The first-order valence-electron chi connectivity index (χ1n) is 9.35. The topological polar surface area (TPSA) is 61.7 Å². The van der Waals surface area contributed by atoms with E-state index in [2.05, 4.69) is 38.0 Å². The van der Waals surface area contributed by atoms with E-state index in [1.807, 2.05) is 6.07 Å². The maximum absolute atomic E-state index is 9.47. The third kappa shape index (κ3) is 3.46. The van der Waals surface area contributed by atoms with Gasteiger partial charge in [0.05, 0.1) is 7.11 Å². The van der Waals surface area contributed by atoms with Crippen LogP contribution < -0.4 is 14.5 Å². The number of rotatable bonds is 4. The summed E-state index contributed by atoms with van der Waals surface area (Å²) >= 11 is 0. The SMILES string of the molecule is COc1ccc2c(c1)CN(c1cc(N3CCCC(CO)C3)ncn1)CC2. The quantitative estimate of drug-likeness (QED) is 0.909. The molecule has 2 aliphatic rings. The van der Waals surface area contributed by atoms with Gasteiger partial charge in [-0.15, -0.1) is 0 Å². The van der Waals surface area contributed by atoms with Crippen molar-refractivity contribution in [3.63, 3.8) is 0 Å². The lowest BCUT2D eigenvalue weighted by atomic mass is 9.99. The number of benzene rings is 1. The molecule has 0 radical (unpaired) electrons. The van der Waals surface area contributed by atoms with Crippen molar-refractivity contribution in [2.45, 2.75) is 25.8 Å². The van der Waals surface area contributed by atoms with Crippen LogP contribution in [0.2, 0.25) is 0 Å². The molecule has 3 heterocycles. The maximum Gasteiger partial charge on any atom is 0.134 e. The van der Waals surface area contributed by atoms with E-state index >= 15 is 0 Å². The van der Waals surface area contributed by atoms with Gasteiger partial charge in [-0.05, 0) is 48.4 Å². The summed E-state index contributed by atoms with van der Waals surface area (Å²) in [7, 11) is 1.71. The van der Waals surface area contributed by atoms with Crippen LogP contribution in [0.5, 0.6) is 5.75 Å². The first-order chi connectivity index (χ1) is 12.8. The smallest absolute Gasteiger partial charge is 0.134 e. The number of hydrogen-bond donors (Lipinski definition) is 1. The van der Waals surface area contributed by atoms with Crippen LogP contribution in [0.1, 0.15) is 24.0 Å². The minimum atomic E-state index is 0.249. The molecule has 0 amide bonds. The number of hydrogen-bond acceptors (Lipinski definition) is 6. The van der Waals surface area contributed by atoms with Crippen LogP contribution in [-0.4, -0.2) is 48.4 Å². The van der Waals surface area contributed by atoms with E-state index < -0.39 is 0 Å². The highest BCUT2D eigenvalue weighted by Crippen LogP contribution is 2.28. The van der Waals surface area contributed by atoms with Gasteiger partial charge in [-0.25, -0.2) is 9.97 Å². The Kier molecular flexibility index (Phi) is 4.93. The Morgan fingerprint density at radius 1 is 1.12 bits per heavy atom. The lowest BCUT2D eigenvalue weighted by Crippen LogP contribution is -2.37. The molecule has 138 valence electrons. The average molecular weight is 354 g/mol. The van der Waals surface area contributed by atoms with Gasteiger partial charge in [0.25, 0.3) is 0 Å². The van der Waals surface area contributed by atoms with Gasteiger partial charge >= 0.3 is 0 Å². The Labute approximate surface area is 154 Å². The molecule has 2 aromatic rings. The van der Waals surface area contributed by atoms with Crippen LogP contribution in [0.3, 0.4) is 0 Å². The number of aromatic nitrogens is 2. The van der Waals surface area contributed by atoms with E-state index in [9.17, 15) is 5.11 Å². The Hall–Kier alpha value is -2.34. The molecule has 2 aliphatic heterocycles. The number of anilines is 2. The van der Waals surface area contributed by atoms with Gasteiger partial charge in [0, 0.05) is 38.9 Å². The van der Waals surface area contributed by atoms with Crippen molar-refractivity contribution in [1.29, 1.82) is 0 Å². The first kappa shape index (κ1) is 17.1. The highest BCUT2D eigenvalue weighted by molar-refractivity contribution is 5.52. The maximum atomic E-state index is 9.47. The first-order valence-corrected chi connectivity index (χ1v) is 9.35. The molecular weight excluding hydrogens is 328 g/mol. The molecule has 0 bridgehead atoms. The number of aliphatic hydroxyl groups is 1. The minimum absolute atomic E-state index is 0.249. The summed E-state index contributed by atoms with van der Waals surface area (Å²) in [5, 5.41) is 9.47. The van der Waals surface area contributed by atoms with Gasteiger partial charge in [0.15, 0.2) is 0 Å². The second-order valence-corrected chi connectivity index (χ2v) is 7.18. The zero-order chi connectivity index (χ0) is 17.9. The van der Waals surface area contributed by atoms with E-state index in [0.29, 0.717) is 5.92 Å². The van der Waals surface area contributed by atoms with Crippen molar-refractivity contribution in [2.24, 2.45) is 5.92 Å². The monoisotopic (exact) mass is 354 g/mol. The highest BCUT2D eigenvalue weighted by atomic mass is 16.5. The van der Waals surface area contributed by atoms with Crippen LogP contribution in [-0.2, 0) is 13.0 Å². The zero-order valence-corrected chi connectivity index (χ0v) is 15.3. The highest BCUT2D eigenvalue weighted by Gasteiger charge is 2.22. The van der Waals surface area contributed by atoms with Crippen LogP contribution in [0, 0.1) is 5.92 Å². The summed E-state index contributed by atoms with van der Waals surface area (Å²) in [5.41, 5.74) is 2.69. The summed E-state index contributed by atoms with van der Waals surface area (Å²) in [6.45, 7) is 3.90. The predicted molar refractivity (Wildman–Crippen MR) is 102 cm³/mol. The van der Waals surface area contributed by atoms with Crippen molar-refractivity contribution in [2.75, 3.05) is 43.2 Å². The molecule has 1 atom stereocenters. The van der Waals surface area contributed by atoms with Crippen LogP contribution in [0.4, 0.5) is 11.6 Å². The normalized spacial score (nSPS) is 20.0. The number of ether oxygens (including phenoxy) is 1. The molecule has 0 saturated carbocycles. The zero-order valence-electron chi connectivity index (χ0n) is 15.3. The molecule has 1 N–H and O–H groups in total. The second-order valence-electron chi connectivity index (χ2n) is 7.18. The molecule has 1 aromatic heterocycles. The van der Waals surface area contributed by atoms with E-state index in [4.69, 9.17) is 4.74 Å².